The molecule has 0 amide bonds. The standard InChI is InChI=1S/C18H24F3NO3S/c1-22(13-15-6-4-14(5-7-15)3-2-12-23)26(24,25)17-10-8-16(9-11-17)18(19,20)21/h2-3,8-11,14-15,23H,4-7,12-13H2,1H3/b3-2+/t14-,15-. The number of nitrogens with zero attached hydrogens (tertiary/aromatic N) is 1. The van der Waals surface area contributed by atoms with Crippen LogP contribution in [0, 0.1) is 11.8 Å². The van der Waals surface area contributed by atoms with Crippen LogP contribution in [-0.4, -0.2) is 38.0 Å². The molecule has 1 fully saturated rings. The molecule has 26 heavy (non-hydrogen) atoms. The van der Waals surface area contributed by atoms with Crippen molar-refractivity contribution in [2.45, 2.75) is 36.8 Å². The lowest BCUT2D eigenvalue weighted by Gasteiger charge is -2.29. The van der Waals surface area contributed by atoms with Crippen LogP contribution >= 0.6 is 0 Å². The monoisotopic (exact) mass is 391 g/mol. The fourth-order valence-electron chi connectivity index (χ4n) is 3.27. The molecule has 0 bridgehead atoms. The summed E-state index contributed by atoms with van der Waals surface area (Å²) in [6, 6.07) is 3.59. The predicted molar refractivity (Wildman–Crippen MR) is 92.9 cm³/mol. The third-order valence-electron chi connectivity index (χ3n) is 4.81. The third-order valence-corrected chi connectivity index (χ3v) is 6.65. The zero-order valence-corrected chi connectivity index (χ0v) is 15.4. The molecule has 1 aromatic rings. The molecular weight excluding hydrogens is 367 g/mol. The molecule has 1 N–H and O–H groups in total. The molecule has 0 unspecified atom stereocenters. The number of allylic oxidation sites excluding steroid dienone is 1. The molecule has 1 aliphatic carbocycles. The number of hydrogen-bond donors (Lipinski definition) is 1. The van der Waals surface area contributed by atoms with Gasteiger partial charge in [0.25, 0.3) is 0 Å². The Kier molecular flexibility index (Phi) is 6.87. The van der Waals surface area contributed by atoms with Crippen LogP contribution < -0.4 is 0 Å². The maximum Gasteiger partial charge on any atom is 0.416 e. The van der Waals surface area contributed by atoms with Crippen molar-refractivity contribution in [1.82, 2.24) is 4.31 Å². The molecule has 146 valence electrons. The molecule has 1 saturated carbocycles. The first kappa shape index (κ1) is 20.9. The SMILES string of the molecule is CN(C[C@H]1CC[C@H](/C=C/CO)CC1)S(=O)(=O)c1ccc(C(F)(F)F)cc1. The Hall–Kier alpha value is -1.38. The lowest BCUT2D eigenvalue weighted by Crippen LogP contribution is -2.33. The highest BCUT2D eigenvalue weighted by Crippen LogP contribution is 2.32. The van der Waals surface area contributed by atoms with Gasteiger partial charge >= 0.3 is 6.18 Å². The minimum atomic E-state index is -4.49. The number of alkyl halides is 3. The second kappa shape index (κ2) is 8.54. The van der Waals surface area contributed by atoms with E-state index in [4.69, 9.17) is 5.11 Å². The van der Waals surface area contributed by atoms with Gasteiger partial charge in [-0.2, -0.15) is 13.2 Å². The van der Waals surface area contributed by atoms with E-state index >= 15 is 0 Å². The van der Waals surface area contributed by atoms with E-state index in [-0.39, 0.29) is 17.4 Å². The van der Waals surface area contributed by atoms with Gasteiger partial charge in [0.15, 0.2) is 0 Å². The second-order valence-electron chi connectivity index (χ2n) is 6.70. The van der Waals surface area contributed by atoms with E-state index in [2.05, 4.69) is 0 Å². The van der Waals surface area contributed by atoms with E-state index in [0.29, 0.717) is 12.5 Å². The number of sulfonamides is 1. The number of benzene rings is 1. The number of aliphatic hydroxyl groups excluding tert-OH is 1. The highest BCUT2D eigenvalue weighted by molar-refractivity contribution is 7.89. The summed E-state index contributed by atoms with van der Waals surface area (Å²) in [5.74, 6) is 0.637. The van der Waals surface area contributed by atoms with E-state index in [0.717, 1.165) is 49.9 Å². The molecule has 0 spiro atoms. The molecule has 0 radical (unpaired) electrons. The van der Waals surface area contributed by atoms with Crippen molar-refractivity contribution in [3.8, 4) is 0 Å². The molecule has 4 nitrogen and oxygen atoms in total. The second-order valence-corrected chi connectivity index (χ2v) is 8.74. The smallest absolute Gasteiger partial charge is 0.392 e. The number of hydrogen-bond acceptors (Lipinski definition) is 3. The third kappa shape index (κ3) is 5.31. The predicted octanol–water partition coefficient (Wildman–Crippen LogP) is 3.68. The first-order chi connectivity index (χ1) is 12.1. The lowest BCUT2D eigenvalue weighted by molar-refractivity contribution is -0.137. The minimum absolute atomic E-state index is 0.0219. The van der Waals surface area contributed by atoms with Gasteiger partial charge in [-0.15, -0.1) is 0 Å². The Morgan fingerprint density at radius 2 is 1.73 bits per heavy atom. The van der Waals surface area contributed by atoms with Crippen LogP contribution in [0.25, 0.3) is 0 Å². The molecule has 1 aromatic carbocycles. The van der Waals surface area contributed by atoms with Crippen LogP contribution in [0.15, 0.2) is 41.3 Å². The molecule has 0 aromatic heterocycles. The summed E-state index contributed by atoms with van der Waals surface area (Å²) in [6.07, 6.45) is 2.88. The van der Waals surface area contributed by atoms with Crippen LogP contribution in [0.5, 0.6) is 0 Å². The van der Waals surface area contributed by atoms with Crippen molar-refractivity contribution in [3.05, 3.63) is 42.0 Å². The van der Waals surface area contributed by atoms with Crippen molar-refractivity contribution in [3.63, 3.8) is 0 Å². The molecule has 8 heteroatoms. The molecule has 1 aliphatic rings. The largest absolute Gasteiger partial charge is 0.416 e. The normalized spacial score (nSPS) is 22.2. The fourth-order valence-corrected chi connectivity index (χ4v) is 4.52. The summed E-state index contributed by atoms with van der Waals surface area (Å²) in [4.78, 5) is -0.132. The number of rotatable bonds is 6. The highest BCUT2D eigenvalue weighted by Gasteiger charge is 2.31. The van der Waals surface area contributed by atoms with Gasteiger partial charge in [0.2, 0.25) is 10.0 Å². The van der Waals surface area contributed by atoms with Gasteiger partial charge < -0.3 is 5.11 Å². The molecule has 2 rings (SSSR count). The zero-order valence-electron chi connectivity index (χ0n) is 14.6. The summed E-state index contributed by atoms with van der Waals surface area (Å²) in [5.41, 5.74) is -0.867. The highest BCUT2D eigenvalue weighted by atomic mass is 32.2. The summed E-state index contributed by atoms with van der Waals surface area (Å²) in [6.45, 7) is 0.369. The van der Waals surface area contributed by atoms with Crippen molar-refractivity contribution < 1.29 is 26.7 Å². The van der Waals surface area contributed by atoms with Crippen LogP contribution in [0.1, 0.15) is 31.2 Å². The molecule has 0 saturated heterocycles. The molecule has 0 atom stereocenters. The van der Waals surface area contributed by atoms with Gasteiger partial charge in [-0.25, -0.2) is 12.7 Å². The van der Waals surface area contributed by atoms with Gasteiger partial charge in [0.05, 0.1) is 17.1 Å². The van der Waals surface area contributed by atoms with E-state index in [1.165, 1.54) is 11.4 Å². The van der Waals surface area contributed by atoms with Gasteiger partial charge in [-0.1, -0.05) is 12.2 Å². The van der Waals surface area contributed by atoms with E-state index in [1.807, 2.05) is 6.08 Å². The molecular formula is C18H24F3NO3S. The zero-order chi connectivity index (χ0) is 19.4. The average Bonchev–Trinajstić information content (AvgIpc) is 2.60. The average molecular weight is 391 g/mol. The summed E-state index contributed by atoms with van der Waals surface area (Å²) < 4.78 is 64.2. The summed E-state index contributed by atoms with van der Waals surface area (Å²) in [7, 11) is -2.35. The quantitative estimate of drug-likeness (QED) is 0.753. The lowest BCUT2D eigenvalue weighted by atomic mass is 9.82. The fraction of sp³-hybridized carbons (Fsp3) is 0.556. The van der Waals surface area contributed by atoms with Crippen molar-refractivity contribution in [2.75, 3.05) is 20.2 Å². The van der Waals surface area contributed by atoms with Crippen LogP contribution in [0.3, 0.4) is 0 Å². The Labute approximate surface area is 152 Å². The van der Waals surface area contributed by atoms with Crippen LogP contribution in [-0.2, 0) is 16.2 Å². The molecule has 0 heterocycles. The first-order valence-corrected chi connectivity index (χ1v) is 9.99. The summed E-state index contributed by atoms with van der Waals surface area (Å²) in [5, 5.41) is 8.80. The maximum atomic E-state index is 12.6. The van der Waals surface area contributed by atoms with E-state index in [1.54, 1.807) is 6.08 Å². The van der Waals surface area contributed by atoms with Crippen molar-refractivity contribution >= 4 is 10.0 Å². The van der Waals surface area contributed by atoms with Crippen LogP contribution in [0.2, 0.25) is 0 Å². The number of halogens is 3. The topological polar surface area (TPSA) is 57.6 Å². The Morgan fingerprint density at radius 3 is 2.23 bits per heavy atom. The Morgan fingerprint density at radius 1 is 1.15 bits per heavy atom. The van der Waals surface area contributed by atoms with Crippen molar-refractivity contribution in [1.29, 1.82) is 0 Å². The van der Waals surface area contributed by atoms with Gasteiger partial charge in [0.1, 0.15) is 0 Å². The van der Waals surface area contributed by atoms with Gasteiger partial charge in [-0.05, 0) is 61.8 Å². The van der Waals surface area contributed by atoms with E-state index < -0.39 is 21.8 Å². The maximum absolute atomic E-state index is 12.6. The van der Waals surface area contributed by atoms with Gasteiger partial charge in [0, 0.05) is 13.6 Å². The Bertz CT molecular complexity index is 706. The minimum Gasteiger partial charge on any atom is -0.392 e. The van der Waals surface area contributed by atoms with Gasteiger partial charge in [-0.3, -0.25) is 0 Å². The summed E-state index contributed by atoms with van der Waals surface area (Å²) >= 11 is 0. The first-order valence-electron chi connectivity index (χ1n) is 8.55. The molecule has 0 aliphatic heterocycles. The van der Waals surface area contributed by atoms with E-state index in [9.17, 15) is 21.6 Å². The van der Waals surface area contributed by atoms with Crippen LogP contribution in [0.4, 0.5) is 13.2 Å². The number of aliphatic hydroxyl groups is 1. The Balaban J connectivity index is 1.98. The van der Waals surface area contributed by atoms with Crippen molar-refractivity contribution in [2.24, 2.45) is 11.8 Å².